The summed E-state index contributed by atoms with van der Waals surface area (Å²) in [6, 6.07) is 5.89. The van der Waals surface area contributed by atoms with Crippen molar-refractivity contribution in [3.63, 3.8) is 0 Å². The molecule has 0 saturated heterocycles. The van der Waals surface area contributed by atoms with Crippen molar-refractivity contribution in [1.82, 2.24) is 15.3 Å². The van der Waals surface area contributed by atoms with Crippen molar-refractivity contribution in [2.24, 2.45) is 0 Å². The third-order valence-electron chi connectivity index (χ3n) is 4.49. The number of aryl methyl sites for hydroxylation is 1. The van der Waals surface area contributed by atoms with Crippen LogP contribution in [-0.2, 0) is 0 Å². The predicted octanol–water partition coefficient (Wildman–Crippen LogP) is 3.36. The zero-order valence-corrected chi connectivity index (χ0v) is 16.8. The standard InChI is InChI=1S/C18H24BrN5O2/c1-11-20-16(10-17(21-11)24(2)3)22-12-4-6-13(7-5-12)23-18(25)14-8-9-15(19)26-14/h8-10,12-13H,4-7H2,1-3H3,(H,23,25)(H,20,21,22). The van der Waals surface area contributed by atoms with E-state index < -0.39 is 0 Å². The summed E-state index contributed by atoms with van der Waals surface area (Å²) in [5.41, 5.74) is 0. The summed E-state index contributed by atoms with van der Waals surface area (Å²) in [6.07, 6.45) is 3.81. The monoisotopic (exact) mass is 421 g/mol. The maximum Gasteiger partial charge on any atom is 0.287 e. The van der Waals surface area contributed by atoms with Crippen molar-refractivity contribution in [1.29, 1.82) is 0 Å². The molecule has 0 unspecified atom stereocenters. The number of furan rings is 1. The van der Waals surface area contributed by atoms with Gasteiger partial charge in [0.25, 0.3) is 5.91 Å². The first kappa shape index (κ1) is 18.7. The molecule has 140 valence electrons. The molecule has 0 bridgehead atoms. The molecule has 0 aromatic carbocycles. The van der Waals surface area contributed by atoms with Gasteiger partial charge in [0.1, 0.15) is 17.5 Å². The largest absolute Gasteiger partial charge is 0.444 e. The van der Waals surface area contributed by atoms with Gasteiger partial charge >= 0.3 is 0 Å². The van der Waals surface area contributed by atoms with E-state index in [1.165, 1.54) is 0 Å². The third kappa shape index (κ3) is 4.75. The number of hydrogen-bond acceptors (Lipinski definition) is 6. The fourth-order valence-electron chi connectivity index (χ4n) is 3.14. The van der Waals surface area contributed by atoms with Gasteiger partial charge < -0.3 is 20.0 Å². The van der Waals surface area contributed by atoms with Crippen molar-refractivity contribution >= 4 is 33.5 Å². The van der Waals surface area contributed by atoms with Crippen LogP contribution in [0, 0.1) is 6.92 Å². The van der Waals surface area contributed by atoms with Crippen molar-refractivity contribution in [2.45, 2.75) is 44.7 Å². The van der Waals surface area contributed by atoms with Crippen molar-refractivity contribution < 1.29 is 9.21 Å². The summed E-state index contributed by atoms with van der Waals surface area (Å²) in [4.78, 5) is 23.0. The minimum Gasteiger partial charge on any atom is -0.444 e. The Kier molecular flexibility index (Phi) is 5.80. The van der Waals surface area contributed by atoms with Gasteiger partial charge in [-0.2, -0.15) is 0 Å². The molecule has 1 aliphatic carbocycles. The zero-order valence-electron chi connectivity index (χ0n) is 15.3. The summed E-state index contributed by atoms with van der Waals surface area (Å²) in [7, 11) is 3.94. The minimum absolute atomic E-state index is 0.158. The molecule has 3 rings (SSSR count). The number of carbonyl (C=O) groups is 1. The second-order valence-corrected chi connectivity index (χ2v) is 7.60. The lowest BCUT2D eigenvalue weighted by Gasteiger charge is -2.30. The maximum absolute atomic E-state index is 12.2. The highest BCUT2D eigenvalue weighted by Gasteiger charge is 2.24. The van der Waals surface area contributed by atoms with E-state index in [1.54, 1.807) is 12.1 Å². The molecule has 2 aromatic heterocycles. The van der Waals surface area contributed by atoms with Crippen LogP contribution in [-0.4, -0.2) is 42.1 Å². The van der Waals surface area contributed by atoms with Crippen LogP contribution in [0.5, 0.6) is 0 Å². The quantitative estimate of drug-likeness (QED) is 0.769. The fraction of sp³-hybridized carbons (Fsp3) is 0.500. The van der Waals surface area contributed by atoms with E-state index in [1.807, 2.05) is 32.0 Å². The van der Waals surface area contributed by atoms with Crippen LogP contribution < -0.4 is 15.5 Å². The third-order valence-corrected chi connectivity index (χ3v) is 4.92. The Morgan fingerprint density at radius 3 is 2.50 bits per heavy atom. The van der Waals surface area contributed by atoms with E-state index in [9.17, 15) is 4.79 Å². The van der Waals surface area contributed by atoms with E-state index in [0.717, 1.165) is 43.1 Å². The Morgan fingerprint density at radius 2 is 1.88 bits per heavy atom. The lowest BCUT2D eigenvalue weighted by atomic mass is 9.91. The van der Waals surface area contributed by atoms with Gasteiger partial charge in [-0.15, -0.1) is 0 Å². The van der Waals surface area contributed by atoms with Gasteiger partial charge in [-0.25, -0.2) is 9.97 Å². The Hall–Kier alpha value is -2.09. The summed E-state index contributed by atoms with van der Waals surface area (Å²) in [6.45, 7) is 1.90. The van der Waals surface area contributed by atoms with E-state index in [-0.39, 0.29) is 11.9 Å². The molecule has 0 atom stereocenters. The first-order valence-electron chi connectivity index (χ1n) is 8.76. The van der Waals surface area contributed by atoms with Crippen LogP contribution in [0.4, 0.5) is 11.6 Å². The van der Waals surface area contributed by atoms with E-state index in [2.05, 4.69) is 36.5 Å². The van der Waals surface area contributed by atoms with Crippen LogP contribution in [0.1, 0.15) is 42.1 Å². The number of halogens is 1. The van der Waals surface area contributed by atoms with Gasteiger partial charge in [0.2, 0.25) is 0 Å². The molecular formula is C18H24BrN5O2. The predicted molar refractivity (Wildman–Crippen MR) is 105 cm³/mol. The number of hydrogen-bond donors (Lipinski definition) is 2. The lowest BCUT2D eigenvalue weighted by Crippen LogP contribution is -2.40. The number of rotatable bonds is 5. The Labute approximate surface area is 161 Å². The van der Waals surface area contributed by atoms with Gasteiger partial charge in [-0.05, 0) is 60.7 Å². The van der Waals surface area contributed by atoms with Crippen LogP contribution in [0.15, 0.2) is 27.3 Å². The number of carbonyl (C=O) groups excluding carboxylic acids is 1. The summed E-state index contributed by atoms with van der Waals surface area (Å²) >= 11 is 3.22. The van der Waals surface area contributed by atoms with Crippen LogP contribution in [0.2, 0.25) is 0 Å². The number of nitrogens with one attached hydrogen (secondary N) is 2. The Morgan fingerprint density at radius 1 is 1.19 bits per heavy atom. The lowest BCUT2D eigenvalue weighted by molar-refractivity contribution is 0.0897. The van der Waals surface area contributed by atoms with Crippen molar-refractivity contribution in [3.05, 3.63) is 34.5 Å². The SMILES string of the molecule is Cc1nc(NC2CCC(NC(=O)c3ccc(Br)o3)CC2)cc(N(C)C)n1. The van der Waals surface area contributed by atoms with Crippen LogP contribution >= 0.6 is 15.9 Å². The second-order valence-electron chi connectivity index (χ2n) is 6.82. The molecular weight excluding hydrogens is 398 g/mol. The molecule has 8 heteroatoms. The van der Waals surface area contributed by atoms with Gasteiger partial charge in [0.15, 0.2) is 10.4 Å². The highest BCUT2D eigenvalue weighted by molar-refractivity contribution is 9.10. The Balaban J connectivity index is 1.52. The molecule has 0 aliphatic heterocycles. The first-order valence-corrected chi connectivity index (χ1v) is 9.56. The summed E-state index contributed by atoms with van der Waals surface area (Å²) in [5, 5.41) is 6.56. The molecule has 2 N–H and O–H groups in total. The summed E-state index contributed by atoms with van der Waals surface area (Å²) in [5.74, 6) is 2.68. The van der Waals surface area contributed by atoms with E-state index >= 15 is 0 Å². The number of amides is 1. The highest BCUT2D eigenvalue weighted by Crippen LogP contribution is 2.23. The minimum atomic E-state index is -0.158. The van der Waals surface area contributed by atoms with Crippen LogP contribution in [0.25, 0.3) is 0 Å². The first-order chi connectivity index (χ1) is 12.4. The average Bonchev–Trinajstić information content (AvgIpc) is 3.03. The Bertz CT molecular complexity index is 769. The van der Waals surface area contributed by atoms with Crippen molar-refractivity contribution in [2.75, 3.05) is 24.3 Å². The molecule has 1 fully saturated rings. The smallest absolute Gasteiger partial charge is 0.287 e. The topological polar surface area (TPSA) is 83.3 Å². The van der Waals surface area contributed by atoms with Gasteiger partial charge in [-0.3, -0.25) is 4.79 Å². The summed E-state index contributed by atoms with van der Waals surface area (Å²) < 4.78 is 5.87. The molecule has 1 amide bonds. The fourth-order valence-corrected chi connectivity index (χ4v) is 3.45. The molecule has 0 spiro atoms. The van der Waals surface area contributed by atoms with Crippen LogP contribution in [0.3, 0.4) is 0 Å². The van der Waals surface area contributed by atoms with E-state index in [0.29, 0.717) is 16.5 Å². The van der Waals surface area contributed by atoms with Gasteiger partial charge in [0.05, 0.1) is 0 Å². The van der Waals surface area contributed by atoms with Gasteiger partial charge in [-0.1, -0.05) is 0 Å². The zero-order chi connectivity index (χ0) is 18.7. The van der Waals surface area contributed by atoms with Crippen molar-refractivity contribution in [3.8, 4) is 0 Å². The highest BCUT2D eigenvalue weighted by atomic mass is 79.9. The average molecular weight is 422 g/mol. The maximum atomic E-state index is 12.2. The van der Waals surface area contributed by atoms with Gasteiger partial charge in [0, 0.05) is 32.2 Å². The molecule has 26 heavy (non-hydrogen) atoms. The number of anilines is 2. The molecule has 0 radical (unpaired) electrons. The number of aromatic nitrogens is 2. The molecule has 2 aromatic rings. The number of nitrogens with zero attached hydrogens (tertiary/aromatic N) is 3. The molecule has 1 saturated carbocycles. The molecule has 2 heterocycles. The molecule has 1 aliphatic rings. The normalized spacial score (nSPS) is 19.8. The van der Waals surface area contributed by atoms with E-state index in [4.69, 9.17) is 4.42 Å². The second kappa shape index (κ2) is 8.07. The molecule has 7 nitrogen and oxygen atoms in total.